The van der Waals surface area contributed by atoms with Gasteiger partial charge in [0, 0.05) is 39.6 Å². The monoisotopic (exact) mass is 456 g/mol. The molecule has 1 aliphatic carbocycles. The second kappa shape index (κ2) is 9.70. The van der Waals surface area contributed by atoms with Crippen molar-refractivity contribution in [3.05, 3.63) is 0 Å². The van der Waals surface area contributed by atoms with Crippen LogP contribution < -0.4 is 5.32 Å². The number of alkyl carbamates (subject to hydrolysis) is 1. The quantitative estimate of drug-likeness (QED) is 0.551. The maximum absolute atomic E-state index is 12.5. The van der Waals surface area contributed by atoms with E-state index in [2.05, 4.69) is 12.2 Å². The van der Waals surface area contributed by atoms with Gasteiger partial charge in [-0.3, -0.25) is 0 Å². The SMILES string of the molecule is CCCNC(=O)OCCC1OC1(C)C1OC12CCC(OC(=O)N1CCOCC1)C(OC)C2. The first-order chi connectivity index (χ1) is 15.4. The Labute approximate surface area is 189 Å². The number of carbonyl (C=O) groups is 2. The van der Waals surface area contributed by atoms with Gasteiger partial charge in [0.2, 0.25) is 0 Å². The number of ether oxygens (including phenoxy) is 6. The molecule has 0 bridgehead atoms. The Bertz CT molecular complexity index is 687. The van der Waals surface area contributed by atoms with E-state index in [1.807, 2.05) is 6.92 Å². The number of carbonyl (C=O) groups excluding carboxylic acids is 2. The number of hydrogen-bond acceptors (Lipinski definition) is 8. The Kier molecular flexibility index (Phi) is 7.14. The van der Waals surface area contributed by atoms with Crippen molar-refractivity contribution >= 4 is 12.2 Å². The Morgan fingerprint density at radius 2 is 1.97 bits per heavy atom. The molecule has 6 atom stereocenters. The van der Waals surface area contributed by atoms with E-state index in [-0.39, 0.29) is 47.8 Å². The van der Waals surface area contributed by atoms with Crippen molar-refractivity contribution in [1.29, 1.82) is 0 Å². The average molecular weight is 457 g/mol. The normalized spacial score (nSPS) is 38.3. The summed E-state index contributed by atoms with van der Waals surface area (Å²) in [6.07, 6.45) is 2.44. The van der Waals surface area contributed by atoms with Crippen molar-refractivity contribution in [2.45, 2.75) is 81.6 Å². The highest BCUT2D eigenvalue weighted by Crippen LogP contribution is 2.60. The molecule has 0 aromatic rings. The Morgan fingerprint density at radius 1 is 1.19 bits per heavy atom. The predicted octanol–water partition coefficient (Wildman–Crippen LogP) is 1.84. The predicted molar refractivity (Wildman–Crippen MR) is 112 cm³/mol. The Morgan fingerprint density at radius 3 is 2.69 bits per heavy atom. The van der Waals surface area contributed by atoms with Gasteiger partial charge in [-0.15, -0.1) is 0 Å². The summed E-state index contributed by atoms with van der Waals surface area (Å²) in [5, 5.41) is 2.69. The zero-order chi connectivity index (χ0) is 22.8. The topological polar surface area (TPSA) is 111 Å². The van der Waals surface area contributed by atoms with Gasteiger partial charge >= 0.3 is 12.2 Å². The first-order valence-electron chi connectivity index (χ1n) is 11.7. The maximum Gasteiger partial charge on any atom is 0.410 e. The fourth-order valence-corrected chi connectivity index (χ4v) is 5.04. The Hall–Kier alpha value is -1.62. The number of morpholine rings is 1. The highest BCUT2D eigenvalue weighted by Gasteiger charge is 2.74. The first-order valence-corrected chi connectivity index (χ1v) is 11.7. The summed E-state index contributed by atoms with van der Waals surface area (Å²) < 4.78 is 34.2. The van der Waals surface area contributed by atoms with Crippen molar-refractivity contribution in [2.75, 3.05) is 46.6 Å². The van der Waals surface area contributed by atoms with Crippen molar-refractivity contribution < 1.29 is 38.0 Å². The van der Waals surface area contributed by atoms with Crippen LogP contribution in [0.25, 0.3) is 0 Å². The van der Waals surface area contributed by atoms with Crippen LogP contribution in [0, 0.1) is 0 Å². The molecule has 3 heterocycles. The highest BCUT2D eigenvalue weighted by molar-refractivity contribution is 5.68. The lowest BCUT2D eigenvalue weighted by molar-refractivity contribution is -0.0742. The number of nitrogens with zero attached hydrogens (tertiary/aromatic N) is 1. The summed E-state index contributed by atoms with van der Waals surface area (Å²) >= 11 is 0. The van der Waals surface area contributed by atoms with Crippen molar-refractivity contribution in [1.82, 2.24) is 10.2 Å². The summed E-state index contributed by atoms with van der Waals surface area (Å²) in [6.45, 7) is 7.17. The van der Waals surface area contributed by atoms with Gasteiger partial charge in [-0.25, -0.2) is 9.59 Å². The van der Waals surface area contributed by atoms with Crippen LogP contribution in [0.1, 0.15) is 46.0 Å². The third-order valence-electron chi connectivity index (χ3n) is 7.04. The minimum Gasteiger partial charge on any atom is -0.449 e. The summed E-state index contributed by atoms with van der Waals surface area (Å²) in [6, 6.07) is 0. The number of nitrogens with one attached hydrogen (secondary N) is 1. The minimum absolute atomic E-state index is 0.00344. The van der Waals surface area contributed by atoms with Gasteiger partial charge in [0.1, 0.15) is 23.4 Å². The molecule has 1 N–H and O–H groups in total. The van der Waals surface area contributed by atoms with E-state index in [0.717, 1.165) is 12.8 Å². The number of epoxide rings is 2. The summed E-state index contributed by atoms with van der Waals surface area (Å²) in [5.41, 5.74) is -0.676. The molecule has 1 spiro atoms. The molecular formula is C22H36N2O8. The highest BCUT2D eigenvalue weighted by atomic mass is 16.7. The maximum atomic E-state index is 12.5. The van der Waals surface area contributed by atoms with Gasteiger partial charge in [-0.1, -0.05) is 6.92 Å². The van der Waals surface area contributed by atoms with E-state index in [4.69, 9.17) is 28.4 Å². The van der Waals surface area contributed by atoms with E-state index in [9.17, 15) is 9.59 Å². The van der Waals surface area contributed by atoms with Gasteiger partial charge in [-0.05, 0) is 26.2 Å². The molecule has 10 heteroatoms. The molecule has 4 rings (SSSR count). The van der Waals surface area contributed by atoms with Gasteiger partial charge in [-0.2, -0.15) is 0 Å². The molecule has 4 aliphatic rings. The second-order valence-electron chi connectivity index (χ2n) is 9.24. The van der Waals surface area contributed by atoms with Crippen molar-refractivity contribution in [2.24, 2.45) is 0 Å². The van der Waals surface area contributed by atoms with Crippen LogP contribution in [0.3, 0.4) is 0 Å². The van der Waals surface area contributed by atoms with Crippen LogP contribution in [0.4, 0.5) is 9.59 Å². The van der Waals surface area contributed by atoms with E-state index in [0.29, 0.717) is 58.7 Å². The lowest BCUT2D eigenvalue weighted by Gasteiger charge is -2.36. The third-order valence-corrected chi connectivity index (χ3v) is 7.04. The van der Waals surface area contributed by atoms with Gasteiger partial charge in [0.15, 0.2) is 0 Å². The van der Waals surface area contributed by atoms with Crippen LogP contribution in [-0.4, -0.2) is 99.3 Å². The summed E-state index contributed by atoms with van der Waals surface area (Å²) in [4.78, 5) is 25.7. The summed E-state index contributed by atoms with van der Waals surface area (Å²) in [7, 11) is 1.65. The molecular weight excluding hydrogens is 420 g/mol. The van der Waals surface area contributed by atoms with E-state index < -0.39 is 0 Å². The number of rotatable bonds is 8. The molecule has 2 amide bonds. The van der Waals surface area contributed by atoms with Gasteiger partial charge in [0.05, 0.1) is 32.0 Å². The van der Waals surface area contributed by atoms with Gasteiger partial charge < -0.3 is 38.6 Å². The number of hydrogen-bond donors (Lipinski definition) is 1. The zero-order valence-electron chi connectivity index (χ0n) is 19.3. The molecule has 4 fully saturated rings. The van der Waals surface area contributed by atoms with Crippen LogP contribution in [0.2, 0.25) is 0 Å². The molecule has 0 radical (unpaired) electrons. The standard InChI is InChI=1S/C22H36N2O8/c1-4-8-23-19(25)29-11-6-17-21(2,31-17)18-22(32-18)7-5-15(16(14-22)27-3)30-20(26)24-9-12-28-13-10-24/h15-18H,4-14H2,1-3H3,(H,23,25). The fourth-order valence-electron chi connectivity index (χ4n) is 5.04. The van der Waals surface area contributed by atoms with Crippen LogP contribution in [0.15, 0.2) is 0 Å². The minimum atomic E-state index is -0.388. The molecule has 1 saturated carbocycles. The van der Waals surface area contributed by atoms with Crippen LogP contribution in [0.5, 0.6) is 0 Å². The smallest absolute Gasteiger partial charge is 0.410 e. The molecule has 6 unspecified atom stereocenters. The first kappa shape index (κ1) is 23.5. The molecule has 0 aromatic carbocycles. The molecule has 32 heavy (non-hydrogen) atoms. The molecule has 0 aromatic heterocycles. The number of methoxy groups -OCH3 is 1. The molecule has 182 valence electrons. The van der Waals surface area contributed by atoms with Crippen molar-refractivity contribution in [3.8, 4) is 0 Å². The largest absolute Gasteiger partial charge is 0.449 e. The third kappa shape index (κ3) is 4.98. The van der Waals surface area contributed by atoms with Gasteiger partial charge in [0.25, 0.3) is 0 Å². The van der Waals surface area contributed by atoms with E-state index in [1.165, 1.54) is 0 Å². The van der Waals surface area contributed by atoms with Crippen LogP contribution >= 0.6 is 0 Å². The molecule has 10 nitrogen and oxygen atoms in total. The molecule has 3 saturated heterocycles. The lowest BCUT2D eigenvalue weighted by atomic mass is 9.79. The average Bonchev–Trinajstić information content (AvgIpc) is 3.70. The lowest BCUT2D eigenvalue weighted by Crippen LogP contribution is -2.48. The fraction of sp³-hybridized carbons (Fsp3) is 0.909. The number of amides is 2. The van der Waals surface area contributed by atoms with Crippen LogP contribution in [-0.2, 0) is 28.4 Å². The second-order valence-corrected chi connectivity index (χ2v) is 9.24. The van der Waals surface area contributed by atoms with Crippen molar-refractivity contribution in [3.63, 3.8) is 0 Å². The molecule has 3 aliphatic heterocycles. The van der Waals surface area contributed by atoms with E-state index >= 15 is 0 Å². The Balaban J connectivity index is 1.23. The van der Waals surface area contributed by atoms with E-state index in [1.54, 1.807) is 12.0 Å². The summed E-state index contributed by atoms with van der Waals surface area (Å²) in [5.74, 6) is 0. The zero-order valence-corrected chi connectivity index (χ0v) is 19.3.